The van der Waals surface area contributed by atoms with Gasteiger partial charge in [0.25, 0.3) is 0 Å². The third-order valence-electron chi connectivity index (χ3n) is 1.81. The van der Waals surface area contributed by atoms with Gasteiger partial charge in [-0.3, -0.25) is 0 Å². The van der Waals surface area contributed by atoms with Crippen LogP contribution in [0.15, 0.2) is 0 Å². The first kappa shape index (κ1) is 9.40. The van der Waals surface area contributed by atoms with Crippen molar-refractivity contribution in [2.24, 2.45) is 5.73 Å². The molecule has 6 nitrogen and oxygen atoms in total. The molecule has 0 aromatic heterocycles. The molecule has 0 spiro atoms. The van der Waals surface area contributed by atoms with Crippen molar-refractivity contribution in [1.82, 2.24) is 0 Å². The Morgan fingerprint density at radius 1 is 1.42 bits per heavy atom. The number of ether oxygens (including phenoxy) is 1. The average molecular weight is 177 g/mol. The van der Waals surface area contributed by atoms with E-state index in [0.717, 1.165) is 0 Å². The van der Waals surface area contributed by atoms with Crippen LogP contribution in [-0.4, -0.2) is 52.2 Å². The summed E-state index contributed by atoms with van der Waals surface area (Å²) in [6.07, 6.45) is -4.06. The molecular weight excluding hydrogens is 166 g/mol. The van der Waals surface area contributed by atoms with Crippen LogP contribution in [0, 0.1) is 0 Å². The maximum Gasteiger partial charge on any atom is 0.335 e. The number of hydrogen-bond acceptors (Lipinski definition) is 5. The minimum absolute atomic E-state index is 0.0603. The fourth-order valence-electron chi connectivity index (χ4n) is 1.06. The van der Waals surface area contributed by atoms with Crippen LogP contribution in [0.1, 0.15) is 0 Å². The largest absolute Gasteiger partial charge is 0.479 e. The third-order valence-corrected chi connectivity index (χ3v) is 1.81. The van der Waals surface area contributed by atoms with Gasteiger partial charge >= 0.3 is 5.97 Å². The Bertz CT molecular complexity index is 185. The van der Waals surface area contributed by atoms with E-state index < -0.39 is 30.3 Å². The molecule has 4 atom stereocenters. The Morgan fingerprint density at radius 2 is 2.00 bits per heavy atom. The summed E-state index contributed by atoms with van der Waals surface area (Å²) >= 11 is 0. The van der Waals surface area contributed by atoms with Gasteiger partial charge in [0.1, 0.15) is 12.2 Å². The van der Waals surface area contributed by atoms with Crippen molar-refractivity contribution >= 4 is 5.97 Å². The summed E-state index contributed by atoms with van der Waals surface area (Å²) in [5, 5.41) is 26.8. The van der Waals surface area contributed by atoms with Gasteiger partial charge in [0.15, 0.2) is 6.10 Å². The van der Waals surface area contributed by atoms with E-state index in [1.807, 2.05) is 0 Å². The lowest BCUT2D eigenvalue weighted by molar-refractivity contribution is -0.180. The second-order valence-corrected chi connectivity index (χ2v) is 2.74. The zero-order chi connectivity index (χ0) is 9.30. The first-order valence-electron chi connectivity index (χ1n) is 3.50. The van der Waals surface area contributed by atoms with Crippen molar-refractivity contribution < 1.29 is 24.9 Å². The number of rotatable bonds is 1. The minimum atomic E-state index is -1.45. The highest BCUT2D eigenvalue weighted by molar-refractivity contribution is 5.73. The molecule has 1 fully saturated rings. The van der Waals surface area contributed by atoms with E-state index in [1.165, 1.54) is 0 Å². The van der Waals surface area contributed by atoms with Crippen LogP contribution in [0.4, 0.5) is 0 Å². The topological polar surface area (TPSA) is 113 Å². The van der Waals surface area contributed by atoms with Gasteiger partial charge < -0.3 is 25.8 Å². The lowest BCUT2D eigenvalue weighted by Crippen LogP contribution is -2.58. The van der Waals surface area contributed by atoms with E-state index in [4.69, 9.17) is 25.8 Å². The van der Waals surface area contributed by atoms with Crippen LogP contribution in [0.25, 0.3) is 0 Å². The molecule has 0 radical (unpaired) electrons. The molecule has 1 aliphatic heterocycles. The van der Waals surface area contributed by atoms with Crippen molar-refractivity contribution in [2.75, 3.05) is 6.61 Å². The normalized spacial score (nSPS) is 42.6. The van der Waals surface area contributed by atoms with Crippen LogP contribution >= 0.6 is 0 Å². The smallest absolute Gasteiger partial charge is 0.335 e. The van der Waals surface area contributed by atoms with E-state index >= 15 is 0 Å². The molecule has 0 saturated carbocycles. The van der Waals surface area contributed by atoms with E-state index in [1.54, 1.807) is 0 Å². The zero-order valence-corrected chi connectivity index (χ0v) is 6.25. The fraction of sp³-hybridized carbons (Fsp3) is 0.833. The Kier molecular flexibility index (Phi) is 2.63. The summed E-state index contributed by atoms with van der Waals surface area (Å²) in [4.78, 5) is 10.4. The molecule has 1 heterocycles. The number of nitrogens with two attached hydrogens (primary N) is 1. The predicted octanol–water partition coefficient (Wildman–Crippen LogP) is -2.48. The van der Waals surface area contributed by atoms with Crippen molar-refractivity contribution in [2.45, 2.75) is 24.4 Å². The molecule has 1 aliphatic rings. The van der Waals surface area contributed by atoms with Gasteiger partial charge in [-0.25, -0.2) is 4.79 Å². The van der Waals surface area contributed by atoms with Crippen molar-refractivity contribution in [3.63, 3.8) is 0 Å². The highest BCUT2D eigenvalue weighted by Crippen LogP contribution is 2.14. The first-order valence-corrected chi connectivity index (χ1v) is 3.50. The predicted molar refractivity (Wildman–Crippen MR) is 37.4 cm³/mol. The molecule has 5 N–H and O–H groups in total. The van der Waals surface area contributed by atoms with Crippen LogP contribution in [0.2, 0.25) is 0 Å². The molecular formula is C6H11NO5. The van der Waals surface area contributed by atoms with Crippen LogP contribution in [0.3, 0.4) is 0 Å². The van der Waals surface area contributed by atoms with E-state index in [9.17, 15) is 4.79 Å². The summed E-state index contributed by atoms with van der Waals surface area (Å²) in [5.41, 5.74) is 5.30. The lowest BCUT2D eigenvalue weighted by atomic mass is 9.99. The Hall–Kier alpha value is -0.690. The Balaban J connectivity index is 2.65. The number of aliphatic hydroxyl groups excluding tert-OH is 2. The quantitative estimate of drug-likeness (QED) is 0.352. The maximum absolute atomic E-state index is 10.4. The third kappa shape index (κ3) is 1.56. The molecule has 2 unspecified atom stereocenters. The molecule has 0 aliphatic carbocycles. The number of aliphatic carboxylic acids is 1. The highest BCUT2D eigenvalue weighted by Gasteiger charge is 2.40. The van der Waals surface area contributed by atoms with Crippen LogP contribution in [-0.2, 0) is 9.53 Å². The summed E-state index contributed by atoms with van der Waals surface area (Å²) in [6, 6.07) is -0.726. The summed E-state index contributed by atoms with van der Waals surface area (Å²) in [7, 11) is 0. The lowest BCUT2D eigenvalue weighted by Gasteiger charge is -2.33. The highest BCUT2D eigenvalue weighted by atomic mass is 16.5. The summed E-state index contributed by atoms with van der Waals surface area (Å²) < 4.78 is 4.70. The number of aliphatic hydroxyl groups is 2. The van der Waals surface area contributed by atoms with Crippen LogP contribution < -0.4 is 5.73 Å². The number of carboxylic acid groups (broad SMARTS) is 1. The standard InChI is InChI=1S/C6H11NO5/c7-2-1-12-5(6(10)11)4(9)3(2)8/h2-5,8-9H,1,7H2,(H,10,11)/t2?,3-,4?,5+/m1/s1. The van der Waals surface area contributed by atoms with Gasteiger partial charge in [0, 0.05) is 0 Å². The van der Waals surface area contributed by atoms with E-state index in [0.29, 0.717) is 0 Å². The first-order chi connectivity index (χ1) is 5.54. The zero-order valence-electron chi connectivity index (χ0n) is 6.25. The van der Waals surface area contributed by atoms with Crippen molar-refractivity contribution in [1.29, 1.82) is 0 Å². The fourth-order valence-corrected chi connectivity index (χ4v) is 1.06. The summed E-state index contributed by atoms with van der Waals surface area (Å²) in [5.74, 6) is -1.30. The van der Waals surface area contributed by atoms with Crippen molar-refractivity contribution in [3.8, 4) is 0 Å². The van der Waals surface area contributed by atoms with Crippen LogP contribution in [0.5, 0.6) is 0 Å². The number of carboxylic acids is 1. The molecule has 12 heavy (non-hydrogen) atoms. The molecule has 1 saturated heterocycles. The molecule has 1 rings (SSSR count). The van der Waals surface area contributed by atoms with E-state index in [2.05, 4.69) is 0 Å². The molecule has 70 valence electrons. The van der Waals surface area contributed by atoms with Gasteiger partial charge in [0.05, 0.1) is 12.6 Å². The second-order valence-electron chi connectivity index (χ2n) is 2.74. The molecule has 0 bridgehead atoms. The van der Waals surface area contributed by atoms with Gasteiger partial charge in [-0.1, -0.05) is 0 Å². The minimum Gasteiger partial charge on any atom is -0.479 e. The van der Waals surface area contributed by atoms with Crippen molar-refractivity contribution in [3.05, 3.63) is 0 Å². The number of hydrogen-bond donors (Lipinski definition) is 4. The van der Waals surface area contributed by atoms with E-state index in [-0.39, 0.29) is 6.61 Å². The van der Waals surface area contributed by atoms with Gasteiger partial charge in [-0.2, -0.15) is 0 Å². The van der Waals surface area contributed by atoms with Gasteiger partial charge in [0.2, 0.25) is 0 Å². The SMILES string of the molecule is NC1CO[C@H](C(=O)O)C(O)[C@@H]1O. The van der Waals surface area contributed by atoms with Gasteiger partial charge in [-0.15, -0.1) is 0 Å². The van der Waals surface area contributed by atoms with Gasteiger partial charge in [-0.05, 0) is 0 Å². The Morgan fingerprint density at radius 3 is 2.50 bits per heavy atom. The average Bonchev–Trinajstić information content (AvgIpc) is 2.00. The molecule has 0 aromatic rings. The second kappa shape index (κ2) is 3.36. The monoisotopic (exact) mass is 177 g/mol. The summed E-state index contributed by atoms with van der Waals surface area (Å²) in [6.45, 7) is -0.0603. The molecule has 6 heteroatoms. The maximum atomic E-state index is 10.4. The molecule has 0 aromatic carbocycles. The number of carbonyl (C=O) groups is 1. The Labute approximate surface area is 68.6 Å². The molecule has 0 amide bonds.